The lowest BCUT2D eigenvalue weighted by molar-refractivity contribution is 0.478. The van der Waals surface area contributed by atoms with E-state index in [0.29, 0.717) is 11.8 Å². The minimum Gasteiger partial charge on any atom is -0.352 e. The van der Waals surface area contributed by atoms with Gasteiger partial charge in [0.25, 0.3) is 0 Å². The molecule has 0 saturated heterocycles. The van der Waals surface area contributed by atoms with Crippen molar-refractivity contribution in [2.45, 2.75) is 19.3 Å². The van der Waals surface area contributed by atoms with Crippen LogP contribution in [0.1, 0.15) is 24.0 Å². The number of hydrogen-bond donors (Lipinski definition) is 2. The van der Waals surface area contributed by atoms with Gasteiger partial charge in [0.1, 0.15) is 5.15 Å². The van der Waals surface area contributed by atoms with Crippen LogP contribution in [0, 0.1) is 5.92 Å². The van der Waals surface area contributed by atoms with Crippen molar-refractivity contribution in [3.8, 4) is 0 Å². The maximum atomic E-state index is 6.04. The Hall–Kier alpha value is -0.470. The highest BCUT2D eigenvalue weighted by molar-refractivity contribution is 6.30. The van der Waals surface area contributed by atoms with Crippen molar-refractivity contribution in [3.63, 3.8) is 0 Å². The number of aromatic amines is 1. The predicted octanol–water partition coefficient (Wildman–Crippen LogP) is 2.16. The van der Waals surface area contributed by atoms with E-state index >= 15 is 0 Å². The monoisotopic (exact) mass is 198 g/mol. The van der Waals surface area contributed by atoms with E-state index < -0.39 is 0 Å². The number of hydrogen-bond acceptors (Lipinski definition) is 1. The minimum absolute atomic E-state index is 0.628. The van der Waals surface area contributed by atoms with Crippen molar-refractivity contribution in [1.82, 2.24) is 10.3 Å². The van der Waals surface area contributed by atoms with E-state index in [-0.39, 0.29) is 0 Å². The van der Waals surface area contributed by atoms with Gasteiger partial charge in [0.2, 0.25) is 0 Å². The van der Waals surface area contributed by atoms with E-state index in [1.807, 2.05) is 7.05 Å². The molecule has 0 bridgehead atoms. The van der Waals surface area contributed by atoms with Gasteiger partial charge in [-0.05, 0) is 30.5 Å². The first kappa shape index (κ1) is 9.10. The van der Waals surface area contributed by atoms with Crippen LogP contribution >= 0.6 is 11.6 Å². The summed E-state index contributed by atoms with van der Waals surface area (Å²) in [5.74, 6) is 1.34. The minimum atomic E-state index is 0.628. The van der Waals surface area contributed by atoms with Crippen LogP contribution < -0.4 is 5.32 Å². The molecule has 13 heavy (non-hydrogen) atoms. The molecule has 0 radical (unpaired) electrons. The van der Waals surface area contributed by atoms with E-state index in [0.717, 1.165) is 18.1 Å². The molecular formula is C10H15ClN2. The van der Waals surface area contributed by atoms with Crippen LogP contribution in [0.2, 0.25) is 5.15 Å². The SMILES string of the molecule is CNCC1c2c[nH]c(Cl)c2CC1C. The number of nitrogens with one attached hydrogen (secondary N) is 2. The third kappa shape index (κ3) is 1.38. The zero-order chi connectivity index (χ0) is 9.42. The summed E-state index contributed by atoms with van der Waals surface area (Å²) < 4.78 is 0. The van der Waals surface area contributed by atoms with Gasteiger partial charge in [0, 0.05) is 18.7 Å². The Morgan fingerprint density at radius 2 is 2.46 bits per heavy atom. The molecule has 72 valence electrons. The standard InChI is InChI=1S/C10H15ClN2/c1-6-3-7-9(5-13-10(7)11)8(6)4-12-2/h5-6,8,12-13H,3-4H2,1-2H3. The molecule has 3 heteroatoms. The first-order chi connectivity index (χ1) is 6.24. The zero-order valence-electron chi connectivity index (χ0n) is 8.02. The second kappa shape index (κ2) is 3.35. The van der Waals surface area contributed by atoms with Gasteiger partial charge < -0.3 is 10.3 Å². The van der Waals surface area contributed by atoms with E-state index in [1.54, 1.807) is 0 Å². The molecule has 1 heterocycles. The summed E-state index contributed by atoms with van der Waals surface area (Å²) >= 11 is 6.04. The highest BCUT2D eigenvalue weighted by Crippen LogP contribution is 2.40. The first-order valence-corrected chi connectivity index (χ1v) is 5.12. The Morgan fingerprint density at radius 3 is 3.15 bits per heavy atom. The molecule has 1 aromatic rings. The third-order valence-corrected chi connectivity index (χ3v) is 3.34. The second-order valence-electron chi connectivity index (χ2n) is 3.88. The normalized spacial score (nSPS) is 26.4. The lowest BCUT2D eigenvalue weighted by Gasteiger charge is -2.14. The van der Waals surface area contributed by atoms with Gasteiger partial charge in [-0.3, -0.25) is 0 Å². The molecule has 2 unspecified atom stereocenters. The lowest BCUT2D eigenvalue weighted by atomic mass is 9.95. The van der Waals surface area contributed by atoms with E-state index in [9.17, 15) is 0 Å². The van der Waals surface area contributed by atoms with Crippen LogP contribution in [0.3, 0.4) is 0 Å². The summed E-state index contributed by atoms with van der Waals surface area (Å²) in [6, 6.07) is 0. The zero-order valence-corrected chi connectivity index (χ0v) is 8.78. The van der Waals surface area contributed by atoms with Crippen molar-refractivity contribution in [2.75, 3.05) is 13.6 Å². The molecule has 0 saturated carbocycles. The average Bonchev–Trinajstić information content (AvgIpc) is 2.58. The van der Waals surface area contributed by atoms with Crippen LogP contribution in [0.25, 0.3) is 0 Å². The van der Waals surface area contributed by atoms with Crippen LogP contribution in [-0.4, -0.2) is 18.6 Å². The van der Waals surface area contributed by atoms with E-state index in [4.69, 9.17) is 11.6 Å². The molecule has 2 nitrogen and oxygen atoms in total. The molecule has 0 spiro atoms. The maximum Gasteiger partial charge on any atom is 0.109 e. The first-order valence-electron chi connectivity index (χ1n) is 4.74. The van der Waals surface area contributed by atoms with Crippen LogP contribution in [0.4, 0.5) is 0 Å². The fourth-order valence-electron chi connectivity index (χ4n) is 2.28. The number of rotatable bonds is 2. The van der Waals surface area contributed by atoms with Crippen molar-refractivity contribution in [1.29, 1.82) is 0 Å². The fraction of sp³-hybridized carbons (Fsp3) is 0.600. The summed E-state index contributed by atoms with van der Waals surface area (Å²) in [7, 11) is 2.00. The topological polar surface area (TPSA) is 27.8 Å². The van der Waals surface area contributed by atoms with Crippen LogP contribution in [0.5, 0.6) is 0 Å². The van der Waals surface area contributed by atoms with Gasteiger partial charge in [-0.1, -0.05) is 18.5 Å². The third-order valence-electron chi connectivity index (χ3n) is 3.00. The molecule has 2 atom stereocenters. The van der Waals surface area contributed by atoms with Gasteiger partial charge in [-0.25, -0.2) is 0 Å². The Morgan fingerprint density at radius 1 is 1.69 bits per heavy atom. The molecule has 1 aliphatic carbocycles. The van der Waals surface area contributed by atoms with Gasteiger partial charge >= 0.3 is 0 Å². The van der Waals surface area contributed by atoms with Gasteiger partial charge in [-0.2, -0.15) is 0 Å². The van der Waals surface area contributed by atoms with Crippen molar-refractivity contribution >= 4 is 11.6 Å². The van der Waals surface area contributed by atoms with Crippen molar-refractivity contribution in [2.24, 2.45) is 5.92 Å². The summed E-state index contributed by atoms with van der Waals surface area (Å²) in [6.45, 7) is 3.33. The van der Waals surface area contributed by atoms with Crippen molar-refractivity contribution in [3.05, 3.63) is 22.5 Å². The quantitative estimate of drug-likeness (QED) is 0.749. The Balaban J connectivity index is 2.30. The Labute approximate surface area is 83.7 Å². The maximum absolute atomic E-state index is 6.04. The summed E-state index contributed by atoms with van der Waals surface area (Å²) in [5.41, 5.74) is 2.74. The lowest BCUT2D eigenvalue weighted by Crippen LogP contribution is -2.19. The molecule has 0 aliphatic heterocycles. The number of likely N-dealkylation sites (N-methyl/N-ethyl adjacent to an activating group) is 1. The summed E-state index contributed by atoms with van der Waals surface area (Å²) in [5, 5.41) is 4.07. The fourth-order valence-corrected chi connectivity index (χ4v) is 2.52. The molecule has 2 N–H and O–H groups in total. The van der Waals surface area contributed by atoms with Crippen molar-refractivity contribution < 1.29 is 0 Å². The highest BCUT2D eigenvalue weighted by Gasteiger charge is 2.31. The number of fused-ring (bicyclic) bond motifs is 1. The molecule has 1 aliphatic rings. The highest BCUT2D eigenvalue weighted by atomic mass is 35.5. The second-order valence-corrected chi connectivity index (χ2v) is 4.26. The van der Waals surface area contributed by atoms with Crippen LogP contribution in [-0.2, 0) is 6.42 Å². The van der Waals surface area contributed by atoms with E-state index in [1.165, 1.54) is 11.1 Å². The van der Waals surface area contributed by atoms with Gasteiger partial charge in [-0.15, -0.1) is 0 Å². The Kier molecular flexibility index (Phi) is 2.35. The average molecular weight is 199 g/mol. The Bertz CT molecular complexity index is 306. The summed E-state index contributed by atoms with van der Waals surface area (Å²) in [6.07, 6.45) is 3.17. The number of halogens is 1. The predicted molar refractivity (Wildman–Crippen MR) is 55.3 cm³/mol. The largest absolute Gasteiger partial charge is 0.352 e. The smallest absolute Gasteiger partial charge is 0.109 e. The molecule has 0 aromatic carbocycles. The summed E-state index contributed by atoms with van der Waals surface area (Å²) in [4.78, 5) is 3.09. The number of aromatic nitrogens is 1. The van der Waals surface area contributed by atoms with E-state index in [2.05, 4.69) is 23.4 Å². The molecule has 2 rings (SSSR count). The van der Waals surface area contributed by atoms with Gasteiger partial charge in [0.15, 0.2) is 0 Å². The molecule has 0 fully saturated rings. The molecule has 1 aromatic heterocycles. The number of H-pyrrole nitrogens is 1. The van der Waals surface area contributed by atoms with Gasteiger partial charge in [0.05, 0.1) is 0 Å². The van der Waals surface area contributed by atoms with Crippen LogP contribution in [0.15, 0.2) is 6.20 Å². The molecule has 0 amide bonds. The molecular weight excluding hydrogens is 184 g/mol.